The van der Waals surface area contributed by atoms with E-state index >= 15 is 0 Å². The highest BCUT2D eigenvalue weighted by molar-refractivity contribution is 5.75. The summed E-state index contributed by atoms with van der Waals surface area (Å²) in [6.45, 7) is 2.49. The molecule has 7 heteroatoms. The molecule has 3 rings (SSSR count). The van der Waals surface area contributed by atoms with E-state index in [0.29, 0.717) is 6.54 Å². The van der Waals surface area contributed by atoms with Crippen molar-refractivity contribution in [2.75, 3.05) is 18.0 Å². The molecule has 1 N–H and O–H groups in total. The van der Waals surface area contributed by atoms with Gasteiger partial charge in [0.1, 0.15) is 6.54 Å². The topological polar surface area (TPSA) is 76.3 Å². The maximum Gasteiger partial charge on any atom is 0.331 e. The molecule has 132 valence electrons. The number of hydrogen-bond acceptors (Lipinski definition) is 4. The van der Waals surface area contributed by atoms with Crippen molar-refractivity contribution in [3.05, 3.63) is 62.9 Å². The van der Waals surface area contributed by atoms with Gasteiger partial charge in [0.15, 0.2) is 0 Å². The quantitative estimate of drug-likeness (QED) is 0.857. The fraction of sp³-hybridized carbons (Fsp3) is 0.389. The molecule has 0 bridgehead atoms. The Bertz CT molecular complexity index is 861. The van der Waals surface area contributed by atoms with E-state index in [4.69, 9.17) is 0 Å². The molecule has 7 nitrogen and oxygen atoms in total. The maximum absolute atomic E-state index is 12.0. The monoisotopic (exact) mass is 342 g/mol. The summed E-state index contributed by atoms with van der Waals surface area (Å²) in [5.41, 5.74) is 1.32. The van der Waals surface area contributed by atoms with Crippen molar-refractivity contribution in [1.82, 2.24) is 14.5 Å². The number of aromatic nitrogens is 2. The molecular weight excluding hydrogens is 320 g/mol. The second-order valence-electron chi connectivity index (χ2n) is 6.26. The standard InChI is InChI=1S/C18H22N4O3/c1-20-17(24)8-11-22(18(20)25)13-16(23)19-12-14-4-6-15(7-5-14)21-9-2-3-10-21/h4-8,11H,2-3,9-10,12-13H2,1H3,(H,19,23). The van der Waals surface area contributed by atoms with E-state index in [2.05, 4.69) is 22.3 Å². The normalized spacial score (nSPS) is 13.9. The maximum atomic E-state index is 12.0. The lowest BCUT2D eigenvalue weighted by atomic mass is 10.2. The minimum absolute atomic E-state index is 0.112. The van der Waals surface area contributed by atoms with Crippen molar-refractivity contribution < 1.29 is 4.79 Å². The Balaban J connectivity index is 1.56. The zero-order valence-electron chi connectivity index (χ0n) is 14.3. The summed E-state index contributed by atoms with van der Waals surface area (Å²) in [6.07, 6.45) is 3.82. The van der Waals surface area contributed by atoms with Gasteiger partial charge >= 0.3 is 5.69 Å². The molecule has 1 aliphatic rings. The Morgan fingerprint density at radius 3 is 2.44 bits per heavy atom. The lowest BCUT2D eigenvalue weighted by molar-refractivity contribution is -0.121. The summed E-state index contributed by atoms with van der Waals surface area (Å²) in [7, 11) is 1.39. The van der Waals surface area contributed by atoms with Crippen molar-refractivity contribution in [1.29, 1.82) is 0 Å². The summed E-state index contributed by atoms with van der Waals surface area (Å²) in [6, 6.07) is 9.43. The van der Waals surface area contributed by atoms with Crippen LogP contribution in [0.5, 0.6) is 0 Å². The molecule has 0 unspecified atom stereocenters. The predicted molar refractivity (Wildman–Crippen MR) is 95.7 cm³/mol. The third kappa shape index (κ3) is 3.99. The zero-order chi connectivity index (χ0) is 17.8. The fourth-order valence-electron chi connectivity index (χ4n) is 2.95. The molecule has 0 radical (unpaired) electrons. The van der Waals surface area contributed by atoms with Gasteiger partial charge in [-0.2, -0.15) is 0 Å². The Kier molecular flexibility index (Phi) is 5.02. The van der Waals surface area contributed by atoms with Gasteiger partial charge in [-0.25, -0.2) is 4.79 Å². The van der Waals surface area contributed by atoms with Crippen molar-refractivity contribution in [3.8, 4) is 0 Å². The van der Waals surface area contributed by atoms with Crippen molar-refractivity contribution in [2.24, 2.45) is 7.05 Å². The van der Waals surface area contributed by atoms with Gasteiger partial charge in [0.2, 0.25) is 5.91 Å². The second kappa shape index (κ2) is 7.38. The number of nitrogens with zero attached hydrogens (tertiary/aromatic N) is 3. The van der Waals surface area contributed by atoms with Gasteiger partial charge in [-0.3, -0.25) is 18.7 Å². The summed E-state index contributed by atoms with van der Waals surface area (Å²) in [5.74, 6) is -0.274. The number of carbonyl (C=O) groups excluding carboxylic acids is 1. The van der Waals surface area contributed by atoms with Gasteiger partial charge in [-0.05, 0) is 30.5 Å². The van der Waals surface area contributed by atoms with Gasteiger partial charge in [-0.15, -0.1) is 0 Å². The molecule has 25 heavy (non-hydrogen) atoms. The molecule has 0 atom stereocenters. The molecule has 1 saturated heterocycles. The Labute approximate surface area is 145 Å². The molecule has 1 amide bonds. The number of amides is 1. The van der Waals surface area contributed by atoms with Gasteiger partial charge in [0, 0.05) is 44.6 Å². The third-order valence-corrected chi connectivity index (χ3v) is 4.47. The second-order valence-corrected chi connectivity index (χ2v) is 6.26. The first kappa shape index (κ1) is 17.0. The summed E-state index contributed by atoms with van der Waals surface area (Å²) >= 11 is 0. The number of nitrogens with one attached hydrogen (secondary N) is 1. The lowest BCUT2D eigenvalue weighted by Crippen LogP contribution is -2.40. The first-order valence-corrected chi connectivity index (χ1v) is 8.41. The Morgan fingerprint density at radius 1 is 1.08 bits per heavy atom. The first-order valence-electron chi connectivity index (χ1n) is 8.41. The smallest absolute Gasteiger partial charge is 0.331 e. The molecule has 0 aliphatic carbocycles. The van der Waals surface area contributed by atoms with Crippen molar-refractivity contribution >= 4 is 11.6 Å². The van der Waals surface area contributed by atoms with E-state index in [9.17, 15) is 14.4 Å². The highest BCUT2D eigenvalue weighted by Gasteiger charge is 2.12. The molecule has 1 aromatic carbocycles. The van der Waals surface area contributed by atoms with Crippen LogP contribution in [0.3, 0.4) is 0 Å². The van der Waals surface area contributed by atoms with Crippen LogP contribution in [0.2, 0.25) is 0 Å². The molecule has 0 saturated carbocycles. The lowest BCUT2D eigenvalue weighted by Gasteiger charge is -2.17. The number of carbonyl (C=O) groups is 1. The van der Waals surface area contributed by atoms with Crippen molar-refractivity contribution in [3.63, 3.8) is 0 Å². The van der Waals surface area contributed by atoms with Crippen LogP contribution < -0.4 is 21.5 Å². The Morgan fingerprint density at radius 2 is 1.76 bits per heavy atom. The number of hydrogen-bond donors (Lipinski definition) is 1. The highest BCUT2D eigenvalue weighted by atomic mass is 16.2. The largest absolute Gasteiger partial charge is 0.372 e. The van der Waals surface area contributed by atoms with E-state index in [1.807, 2.05) is 12.1 Å². The predicted octanol–water partition coefficient (Wildman–Crippen LogP) is 0.464. The van der Waals surface area contributed by atoms with E-state index in [1.54, 1.807) is 0 Å². The minimum Gasteiger partial charge on any atom is -0.372 e. The van der Waals surface area contributed by atoms with Gasteiger partial charge in [-0.1, -0.05) is 12.1 Å². The molecule has 1 aliphatic heterocycles. The molecular formula is C18H22N4O3. The number of anilines is 1. The van der Waals surface area contributed by atoms with Gasteiger partial charge < -0.3 is 10.2 Å². The summed E-state index contributed by atoms with van der Waals surface area (Å²) in [5, 5.41) is 2.80. The number of benzene rings is 1. The van der Waals surface area contributed by atoms with Crippen LogP contribution in [0.4, 0.5) is 5.69 Å². The van der Waals surface area contributed by atoms with Crippen molar-refractivity contribution in [2.45, 2.75) is 25.9 Å². The van der Waals surface area contributed by atoms with Crippen LogP contribution in [-0.4, -0.2) is 28.1 Å². The molecule has 2 aromatic rings. The fourth-order valence-corrected chi connectivity index (χ4v) is 2.95. The average molecular weight is 342 g/mol. The van der Waals surface area contributed by atoms with Crippen LogP contribution in [0.25, 0.3) is 0 Å². The minimum atomic E-state index is -0.502. The third-order valence-electron chi connectivity index (χ3n) is 4.47. The van der Waals surface area contributed by atoms with Gasteiger partial charge in [0.05, 0.1) is 0 Å². The SMILES string of the molecule is Cn1c(=O)ccn(CC(=O)NCc2ccc(N3CCCC3)cc2)c1=O. The van der Waals surface area contributed by atoms with Crippen LogP contribution in [-0.2, 0) is 24.9 Å². The summed E-state index contributed by atoms with van der Waals surface area (Å²) in [4.78, 5) is 37.7. The average Bonchev–Trinajstić information content (AvgIpc) is 3.16. The van der Waals surface area contributed by atoms with Crippen LogP contribution in [0.15, 0.2) is 46.1 Å². The molecule has 1 aromatic heterocycles. The van der Waals surface area contributed by atoms with E-state index in [1.165, 1.54) is 42.4 Å². The number of rotatable bonds is 5. The van der Waals surface area contributed by atoms with E-state index in [0.717, 1.165) is 23.2 Å². The molecule has 1 fully saturated rings. The molecule has 2 heterocycles. The zero-order valence-corrected chi connectivity index (χ0v) is 14.3. The molecule has 0 spiro atoms. The van der Waals surface area contributed by atoms with Gasteiger partial charge in [0.25, 0.3) is 5.56 Å². The first-order chi connectivity index (χ1) is 12.0. The highest BCUT2D eigenvalue weighted by Crippen LogP contribution is 2.20. The van der Waals surface area contributed by atoms with Crippen LogP contribution >= 0.6 is 0 Å². The Hall–Kier alpha value is -2.83. The van der Waals surface area contributed by atoms with E-state index in [-0.39, 0.29) is 18.0 Å². The van der Waals surface area contributed by atoms with E-state index < -0.39 is 5.69 Å². The summed E-state index contributed by atoms with van der Waals surface area (Å²) < 4.78 is 2.19. The van der Waals surface area contributed by atoms with Crippen LogP contribution in [0.1, 0.15) is 18.4 Å². The van der Waals surface area contributed by atoms with Crippen LogP contribution in [0, 0.1) is 0 Å².